The van der Waals surface area contributed by atoms with E-state index in [1.54, 1.807) is 6.07 Å². The van der Waals surface area contributed by atoms with Gasteiger partial charge in [0.1, 0.15) is 6.07 Å². The predicted molar refractivity (Wildman–Crippen MR) is 90.8 cm³/mol. The Labute approximate surface area is 142 Å². The van der Waals surface area contributed by atoms with E-state index in [1.165, 1.54) is 12.1 Å². The van der Waals surface area contributed by atoms with Crippen molar-refractivity contribution in [3.8, 4) is 6.07 Å². The summed E-state index contributed by atoms with van der Waals surface area (Å²) < 4.78 is 22.9. The molecular formula is C16H22N4O3S. The minimum atomic E-state index is -3.84. The molecule has 1 unspecified atom stereocenters. The van der Waals surface area contributed by atoms with E-state index < -0.39 is 10.0 Å². The van der Waals surface area contributed by atoms with Crippen LogP contribution in [0.15, 0.2) is 23.1 Å². The third kappa shape index (κ3) is 4.46. The molecule has 1 saturated heterocycles. The quantitative estimate of drug-likeness (QED) is 0.824. The first-order valence-corrected chi connectivity index (χ1v) is 9.51. The molecule has 0 aromatic heterocycles. The van der Waals surface area contributed by atoms with Crippen LogP contribution in [-0.2, 0) is 14.8 Å². The van der Waals surface area contributed by atoms with Gasteiger partial charge >= 0.3 is 0 Å². The van der Waals surface area contributed by atoms with E-state index in [2.05, 4.69) is 5.32 Å². The fourth-order valence-corrected chi connectivity index (χ4v) is 3.44. The maximum atomic E-state index is 11.8. The zero-order chi connectivity index (χ0) is 17.7. The summed E-state index contributed by atoms with van der Waals surface area (Å²) in [6, 6.07) is 6.37. The molecule has 0 radical (unpaired) electrons. The monoisotopic (exact) mass is 350 g/mol. The minimum Gasteiger partial charge on any atom is -0.368 e. The van der Waals surface area contributed by atoms with Gasteiger partial charge in [-0.15, -0.1) is 0 Å². The third-order valence-electron chi connectivity index (χ3n) is 4.02. The van der Waals surface area contributed by atoms with E-state index in [0.29, 0.717) is 18.7 Å². The van der Waals surface area contributed by atoms with Crippen molar-refractivity contribution in [2.45, 2.75) is 43.5 Å². The largest absolute Gasteiger partial charge is 0.368 e. The molecule has 1 aliphatic heterocycles. The highest BCUT2D eigenvalue weighted by atomic mass is 32.2. The first-order valence-electron chi connectivity index (χ1n) is 7.96. The summed E-state index contributed by atoms with van der Waals surface area (Å²) >= 11 is 0. The summed E-state index contributed by atoms with van der Waals surface area (Å²) in [5.74, 6) is 0.0365. The van der Waals surface area contributed by atoms with E-state index in [-0.39, 0.29) is 22.4 Å². The van der Waals surface area contributed by atoms with Gasteiger partial charge in [-0.2, -0.15) is 5.26 Å². The number of carbonyl (C=O) groups is 1. The van der Waals surface area contributed by atoms with Crippen molar-refractivity contribution in [2.24, 2.45) is 5.14 Å². The van der Waals surface area contributed by atoms with Gasteiger partial charge in [-0.1, -0.05) is 6.92 Å². The average molecular weight is 350 g/mol. The maximum Gasteiger partial charge on any atom is 0.238 e. The summed E-state index contributed by atoms with van der Waals surface area (Å²) in [6.07, 6.45) is 3.08. The smallest absolute Gasteiger partial charge is 0.238 e. The van der Waals surface area contributed by atoms with Crippen LogP contribution >= 0.6 is 0 Å². The third-order valence-corrected chi connectivity index (χ3v) is 4.93. The molecule has 1 aromatic carbocycles. The Hall–Kier alpha value is -2.11. The number of benzene rings is 1. The van der Waals surface area contributed by atoms with Crippen LogP contribution in [0.1, 0.15) is 38.2 Å². The van der Waals surface area contributed by atoms with Crippen LogP contribution in [0, 0.1) is 11.3 Å². The highest BCUT2D eigenvalue weighted by molar-refractivity contribution is 7.89. The average Bonchev–Trinajstić information content (AvgIpc) is 2.53. The highest BCUT2D eigenvalue weighted by Gasteiger charge is 2.23. The molecule has 2 rings (SSSR count). The first kappa shape index (κ1) is 18.2. The highest BCUT2D eigenvalue weighted by Crippen LogP contribution is 2.26. The number of nitrogens with two attached hydrogens (primary N) is 1. The van der Waals surface area contributed by atoms with Crippen molar-refractivity contribution in [3.05, 3.63) is 23.8 Å². The van der Waals surface area contributed by atoms with Gasteiger partial charge in [0.2, 0.25) is 15.9 Å². The molecule has 1 fully saturated rings. The fourth-order valence-electron chi connectivity index (χ4n) is 2.90. The van der Waals surface area contributed by atoms with Crippen LogP contribution in [0.5, 0.6) is 0 Å². The SMILES string of the molecule is CCCC(=O)NC1CCCN(c2ccc(S(N)(=O)=O)cc2C#N)C1. The number of anilines is 1. The van der Waals surface area contributed by atoms with Crippen molar-refractivity contribution in [1.82, 2.24) is 5.32 Å². The summed E-state index contributed by atoms with van der Waals surface area (Å²) in [4.78, 5) is 13.7. The van der Waals surface area contributed by atoms with E-state index in [4.69, 9.17) is 5.14 Å². The molecule has 8 heteroatoms. The number of sulfonamides is 1. The minimum absolute atomic E-state index is 0.0299. The summed E-state index contributed by atoms with van der Waals surface area (Å²) in [6.45, 7) is 3.31. The van der Waals surface area contributed by atoms with E-state index in [9.17, 15) is 18.5 Å². The molecule has 24 heavy (non-hydrogen) atoms. The molecule has 7 nitrogen and oxygen atoms in total. The molecule has 1 aliphatic rings. The van der Waals surface area contributed by atoms with Crippen molar-refractivity contribution < 1.29 is 13.2 Å². The van der Waals surface area contributed by atoms with Crippen molar-refractivity contribution in [1.29, 1.82) is 5.26 Å². The Bertz CT molecular complexity index is 755. The Kier molecular flexibility index (Phi) is 5.80. The van der Waals surface area contributed by atoms with Crippen LogP contribution in [0.4, 0.5) is 5.69 Å². The van der Waals surface area contributed by atoms with Gasteiger partial charge < -0.3 is 10.2 Å². The summed E-state index contributed by atoms with van der Waals surface area (Å²) in [5, 5.41) is 17.5. The lowest BCUT2D eigenvalue weighted by Crippen LogP contribution is -2.48. The van der Waals surface area contributed by atoms with Crippen LogP contribution in [0.3, 0.4) is 0 Å². The number of rotatable bonds is 5. The zero-order valence-electron chi connectivity index (χ0n) is 13.7. The zero-order valence-corrected chi connectivity index (χ0v) is 14.5. The number of hydrogen-bond acceptors (Lipinski definition) is 5. The fraction of sp³-hybridized carbons (Fsp3) is 0.500. The van der Waals surface area contributed by atoms with Crippen LogP contribution in [0.25, 0.3) is 0 Å². The number of piperidine rings is 1. The molecule has 1 aromatic rings. The lowest BCUT2D eigenvalue weighted by atomic mass is 10.0. The number of amides is 1. The Balaban J connectivity index is 2.19. The molecular weight excluding hydrogens is 328 g/mol. The Morgan fingerprint density at radius 2 is 2.25 bits per heavy atom. The predicted octanol–water partition coefficient (Wildman–Crippen LogP) is 1.09. The maximum absolute atomic E-state index is 11.8. The number of nitrogens with one attached hydrogen (secondary N) is 1. The van der Waals surface area contributed by atoms with E-state index in [1.807, 2.05) is 17.9 Å². The molecule has 1 amide bonds. The van der Waals surface area contributed by atoms with E-state index in [0.717, 1.165) is 25.8 Å². The van der Waals surface area contributed by atoms with Gasteiger partial charge in [-0.25, -0.2) is 13.6 Å². The van der Waals surface area contributed by atoms with Gasteiger partial charge in [-0.05, 0) is 37.5 Å². The van der Waals surface area contributed by atoms with Gasteiger partial charge in [0.05, 0.1) is 16.1 Å². The normalized spacial score (nSPS) is 18.0. The molecule has 0 bridgehead atoms. The van der Waals surface area contributed by atoms with Crippen LogP contribution < -0.4 is 15.4 Å². The standard InChI is InChI=1S/C16H22N4O3S/c1-2-4-16(21)19-13-5-3-8-20(11-13)15-7-6-14(24(18,22)23)9-12(15)10-17/h6-7,9,13H,2-5,8,11H2,1H3,(H,19,21)(H2,18,22,23). The Morgan fingerprint density at radius 3 is 2.88 bits per heavy atom. The van der Waals surface area contributed by atoms with Crippen molar-refractivity contribution in [3.63, 3.8) is 0 Å². The lowest BCUT2D eigenvalue weighted by molar-refractivity contribution is -0.121. The van der Waals surface area contributed by atoms with Gasteiger partial charge in [0.15, 0.2) is 0 Å². The number of primary sulfonamides is 1. The molecule has 0 aliphatic carbocycles. The second-order valence-corrected chi connectivity index (χ2v) is 7.50. The summed E-state index contributed by atoms with van der Waals surface area (Å²) in [7, 11) is -3.84. The second-order valence-electron chi connectivity index (χ2n) is 5.94. The molecule has 0 saturated carbocycles. The lowest BCUT2D eigenvalue weighted by Gasteiger charge is -2.35. The number of carbonyl (C=O) groups excluding carboxylic acids is 1. The molecule has 130 valence electrons. The van der Waals surface area contributed by atoms with Crippen molar-refractivity contribution in [2.75, 3.05) is 18.0 Å². The van der Waals surface area contributed by atoms with E-state index >= 15 is 0 Å². The Morgan fingerprint density at radius 1 is 1.50 bits per heavy atom. The van der Waals surface area contributed by atoms with Gasteiger partial charge in [0, 0.05) is 25.6 Å². The molecule has 3 N–H and O–H groups in total. The number of hydrogen-bond donors (Lipinski definition) is 2. The van der Waals surface area contributed by atoms with Crippen LogP contribution in [-0.4, -0.2) is 33.5 Å². The number of nitriles is 1. The first-order chi connectivity index (χ1) is 11.3. The second kappa shape index (κ2) is 7.64. The van der Waals surface area contributed by atoms with Gasteiger partial charge in [0.25, 0.3) is 0 Å². The molecule has 1 heterocycles. The molecule has 1 atom stereocenters. The van der Waals surface area contributed by atoms with Crippen LogP contribution in [0.2, 0.25) is 0 Å². The number of nitrogens with zero attached hydrogens (tertiary/aromatic N) is 2. The summed E-state index contributed by atoms with van der Waals surface area (Å²) in [5.41, 5.74) is 0.932. The van der Waals surface area contributed by atoms with Gasteiger partial charge in [-0.3, -0.25) is 4.79 Å². The molecule has 0 spiro atoms. The van der Waals surface area contributed by atoms with Crippen molar-refractivity contribution >= 4 is 21.6 Å². The topological polar surface area (TPSA) is 116 Å².